The zero-order chi connectivity index (χ0) is 15.7. The van der Waals surface area contributed by atoms with Gasteiger partial charge in [-0.05, 0) is 12.1 Å². The van der Waals surface area contributed by atoms with Crippen LogP contribution in [0.5, 0.6) is 5.75 Å². The highest BCUT2D eigenvalue weighted by Gasteiger charge is 2.28. The van der Waals surface area contributed by atoms with Gasteiger partial charge in [-0.1, -0.05) is 11.6 Å². The highest BCUT2D eigenvalue weighted by Crippen LogP contribution is 2.29. The van der Waals surface area contributed by atoms with Crippen LogP contribution in [-0.2, 0) is 0 Å². The topological polar surface area (TPSA) is 39.2 Å². The predicted molar refractivity (Wildman–Crippen MR) is 60.4 cm³/mol. The Labute approximate surface area is 118 Å². The minimum absolute atomic E-state index is 0.123. The van der Waals surface area contributed by atoms with E-state index in [0.717, 1.165) is 18.3 Å². The van der Waals surface area contributed by atoms with Gasteiger partial charge in [0.15, 0.2) is 0 Å². The highest BCUT2D eigenvalue weighted by molar-refractivity contribution is 6.29. The Hall–Kier alpha value is -2.22. The summed E-state index contributed by atoms with van der Waals surface area (Å²) in [7, 11) is 0. The molecule has 2 rings (SSSR count). The second-order valence-electron chi connectivity index (χ2n) is 3.66. The van der Waals surface area contributed by atoms with Crippen molar-refractivity contribution in [3.8, 4) is 5.75 Å². The number of hydrogen-bond acceptors (Lipinski definition) is 3. The summed E-state index contributed by atoms with van der Waals surface area (Å²) in [6.45, 7) is 0. The van der Waals surface area contributed by atoms with E-state index < -0.39 is 40.8 Å². The SMILES string of the molecule is O=C(Oc1c(F)c(F)c(F)c(F)c1F)c1ccnc(Cl)c1. The molecule has 1 aromatic heterocycles. The second kappa shape index (κ2) is 5.65. The van der Waals surface area contributed by atoms with Crippen LogP contribution >= 0.6 is 11.6 Å². The van der Waals surface area contributed by atoms with Gasteiger partial charge in [0.1, 0.15) is 5.15 Å². The third-order valence-corrected chi connectivity index (χ3v) is 2.53. The first-order valence-electron chi connectivity index (χ1n) is 5.18. The number of esters is 1. The molecule has 0 fully saturated rings. The molecule has 2 aromatic rings. The molecule has 21 heavy (non-hydrogen) atoms. The lowest BCUT2D eigenvalue weighted by atomic mass is 10.2. The van der Waals surface area contributed by atoms with E-state index in [0.29, 0.717) is 0 Å². The number of carbonyl (C=O) groups is 1. The van der Waals surface area contributed by atoms with Crippen molar-refractivity contribution in [3.63, 3.8) is 0 Å². The summed E-state index contributed by atoms with van der Waals surface area (Å²) in [5.41, 5.74) is -0.279. The third kappa shape index (κ3) is 2.80. The van der Waals surface area contributed by atoms with Gasteiger partial charge >= 0.3 is 5.97 Å². The van der Waals surface area contributed by atoms with E-state index in [1.54, 1.807) is 0 Å². The molecule has 1 aromatic carbocycles. The maximum Gasteiger partial charge on any atom is 0.343 e. The molecule has 0 saturated carbocycles. The van der Waals surface area contributed by atoms with Crippen LogP contribution < -0.4 is 4.74 Å². The maximum absolute atomic E-state index is 13.3. The standard InChI is InChI=1S/C12H3ClF5NO2/c13-5-3-4(1-2-19-5)12(20)21-11-9(17)7(15)6(14)8(16)10(11)18/h1-3H. The van der Waals surface area contributed by atoms with Crippen molar-refractivity contribution in [2.45, 2.75) is 0 Å². The first-order valence-corrected chi connectivity index (χ1v) is 5.56. The summed E-state index contributed by atoms with van der Waals surface area (Å²) < 4.78 is 69.5. The van der Waals surface area contributed by atoms with Crippen LogP contribution in [0.25, 0.3) is 0 Å². The minimum Gasteiger partial charge on any atom is -0.416 e. The van der Waals surface area contributed by atoms with Crippen LogP contribution in [0.1, 0.15) is 10.4 Å². The number of hydrogen-bond donors (Lipinski definition) is 0. The molecule has 0 unspecified atom stereocenters. The van der Waals surface area contributed by atoms with Crippen molar-refractivity contribution in [2.24, 2.45) is 0 Å². The summed E-state index contributed by atoms with van der Waals surface area (Å²) in [5.74, 6) is -14.3. The summed E-state index contributed by atoms with van der Waals surface area (Å²) in [4.78, 5) is 15.1. The molecule has 0 radical (unpaired) electrons. The molecule has 110 valence electrons. The van der Waals surface area contributed by atoms with Crippen molar-refractivity contribution in [1.29, 1.82) is 0 Å². The van der Waals surface area contributed by atoms with Gasteiger partial charge in [-0.3, -0.25) is 0 Å². The number of pyridine rings is 1. The summed E-state index contributed by atoms with van der Waals surface area (Å²) in [5, 5.41) is -0.123. The average molecular weight is 324 g/mol. The van der Waals surface area contributed by atoms with Crippen LogP contribution in [-0.4, -0.2) is 11.0 Å². The lowest BCUT2D eigenvalue weighted by molar-refractivity contribution is 0.0716. The van der Waals surface area contributed by atoms with E-state index in [9.17, 15) is 26.7 Å². The van der Waals surface area contributed by atoms with Crippen LogP contribution in [0.2, 0.25) is 5.15 Å². The minimum atomic E-state index is -2.35. The molecule has 0 N–H and O–H groups in total. The molecule has 0 bridgehead atoms. The highest BCUT2D eigenvalue weighted by atomic mass is 35.5. The number of halogens is 6. The molecule has 1 heterocycles. The molecule has 9 heteroatoms. The normalized spacial score (nSPS) is 10.6. The van der Waals surface area contributed by atoms with Gasteiger partial charge in [0.25, 0.3) is 0 Å². The van der Waals surface area contributed by atoms with Gasteiger partial charge < -0.3 is 4.74 Å². The third-order valence-electron chi connectivity index (χ3n) is 2.33. The molecule has 0 atom stereocenters. The van der Waals surface area contributed by atoms with Gasteiger partial charge in [0.05, 0.1) is 5.56 Å². The zero-order valence-corrected chi connectivity index (χ0v) is 10.5. The maximum atomic E-state index is 13.3. The van der Waals surface area contributed by atoms with E-state index in [1.807, 2.05) is 0 Å². The van der Waals surface area contributed by atoms with E-state index in [4.69, 9.17) is 11.6 Å². The van der Waals surface area contributed by atoms with Gasteiger partial charge in [-0.25, -0.2) is 22.9 Å². The predicted octanol–water partition coefficient (Wildman–Crippen LogP) is 3.65. The Kier molecular flexibility index (Phi) is 4.08. The van der Waals surface area contributed by atoms with Crippen LogP contribution in [0.3, 0.4) is 0 Å². The Bertz CT molecular complexity index is 709. The Morgan fingerprint density at radius 3 is 2.05 bits per heavy atom. The molecule has 3 nitrogen and oxygen atoms in total. The molecule has 0 aliphatic carbocycles. The van der Waals surface area contributed by atoms with Crippen LogP contribution in [0.4, 0.5) is 22.0 Å². The fraction of sp³-hybridized carbons (Fsp3) is 0. The first kappa shape index (κ1) is 15.2. The van der Waals surface area contributed by atoms with Crippen LogP contribution in [0.15, 0.2) is 18.3 Å². The number of benzene rings is 1. The molecule has 0 spiro atoms. The first-order chi connectivity index (χ1) is 9.82. The molecule has 0 aliphatic heterocycles. The smallest absolute Gasteiger partial charge is 0.343 e. The molecule has 0 saturated heterocycles. The average Bonchev–Trinajstić information content (AvgIpc) is 2.47. The van der Waals surface area contributed by atoms with E-state index in [1.165, 1.54) is 0 Å². The van der Waals surface area contributed by atoms with E-state index >= 15 is 0 Å². The Morgan fingerprint density at radius 2 is 1.52 bits per heavy atom. The van der Waals surface area contributed by atoms with Crippen molar-refractivity contribution in [1.82, 2.24) is 4.98 Å². The van der Waals surface area contributed by atoms with Gasteiger partial charge in [-0.2, -0.15) is 8.78 Å². The van der Waals surface area contributed by atoms with Gasteiger partial charge in [0, 0.05) is 6.20 Å². The van der Waals surface area contributed by atoms with Gasteiger partial charge in [0.2, 0.25) is 34.8 Å². The number of aromatic nitrogens is 1. The van der Waals surface area contributed by atoms with Crippen molar-refractivity contribution in [2.75, 3.05) is 0 Å². The largest absolute Gasteiger partial charge is 0.416 e. The number of rotatable bonds is 2. The van der Waals surface area contributed by atoms with E-state index in [-0.39, 0.29) is 10.7 Å². The fourth-order valence-corrected chi connectivity index (χ4v) is 1.53. The van der Waals surface area contributed by atoms with E-state index in [2.05, 4.69) is 9.72 Å². The summed E-state index contributed by atoms with van der Waals surface area (Å²) in [6, 6.07) is 2.08. The number of ether oxygens (including phenoxy) is 1. The lowest BCUT2D eigenvalue weighted by Gasteiger charge is -2.08. The van der Waals surface area contributed by atoms with Crippen molar-refractivity contribution in [3.05, 3.63) is 58.1 Å². The molecular formula is C12H3ClF5NO2. The molecule has 0 aliphatic rings. The Morgan fingerprint density at radius 1 is 1.00 bits per heavy atom. The zero-order valence-electron chi connectivity index (χ0n) is 9.76. The second-order valence-corrected chi connectivity index (χ2v) is 4.04. The number of nitrogens with zero attached hydrogens (tertiary/aromatic N) is 1. The lowest BCUT2D eigenvalue weighted by Crippen LogP contribution is -2.13. The fourth-order valence-electron chi connectivity index (χ4n) is 1.36. The Balaban J connectivity index is 2.43. The van der Waals surface area contributed by atoms with Gasteiger partial charge in [-0.15, -0.1) is 0 Å². The van der Waals surface area contributed by atoms with Crippen molar-refractivity contribution < 1.29 is 31.5 Å². The van der Waals surface area contributed by atoms with Crippen LogP contribution in [0, 0.1) is 29.1 Å². The summed E-state index contributed by atoms with van der Waals surface area (Å²) >= 11 is 5.49. The summed E-state index contributed by atoms with van der Waals surface area (Å²) in [6.07, 6.45) is 1.09. The number of carbonyl (C=O) groups excluding carboxylic acids is 1. The molecule has 0 amide bonds. The quantitative estimate of drug-likeness (QED) is 0.211. The monoisotopic (exact) mass is 323 g/mol. The van der Waals surface area contributed by atoms with Crippen molar-refractivity contribution >= 4 is 17.6 Å². The molecular weight excluding hydrogens is 321 g/mol.